The fraction of sp³-hybridized carbons (Fsp3) is 0.385. The summed E-state index contributed by atoms with van der Waals surface area (Å²) in [5, 5.41) is 10.8. The molecule has 33 heavy (non-hydrogen) atoms. The van der Waals surface area contributed by atoms with E-state index in [0.717, 1.165) is 60.5 Å². The van der Waals surface area contributed by atoms with Gasteiger partial charge in [0.25, 0.3) is 0 Å². The molecule has 1 unspecified atom stereocenters. The van der Waals surface area contributed by atoms with Crippen LogP contribution in [0.25, 0.3) is 11.3 Å². The van der Waals surface area contributed by atoms with E-state index in [0.29, 0.717) is 25.6 Å². The Balaban J connectivity index is 1.38. The van der Waals surface area contributed by atoms with Gasteiger partial charge in [0.05, 0.1) is 26.3 Å². The molecule has 4 rings (SSSR count). The normalized spacial score (nSPS) is 16.1. The van der Waals surface area contributed by atoms with Gasteiger partial charge in [-0.2, -0.15) is 0 Å². The van der Waals surface area contributed by atoms with Crippen LogP contribution in [0.3, 0.4) is 0 Å². The summed E-state index contributed by atoms with van der Waals surface area (Å²) in [4.78, 5) is 4.77. The van der Waals surface area contributed by atoms with Crippen LogP contribution < -0.4 is 15.4 Å². The number of guanidine groups is 1. The number of rotatable bonds is 9. The summed E-state index contributed by atoms with van der Waals surface area (Å²) < 4.78 is 17.1. The van der Waals surface area contributed by atoms with Crippen LogP contribution in [0.2, 0.25) is 0 Å². The Kier molecular flexibility index (Phi) is 7.98. The number of benzene rings is 2. The molecule has 2 heterocycles. The number of nitrogens with one attached hydrogen (secondary N) is 2. The molecule has 2 N–H and O–H groups in total. The Morgan fingerprint density at radius 1 is 1.15 bits per heavy atom. The van der Waals surface area contributed by atoms with Crippen LogP contribution >= 0.6 is 0 Å². The number of aliphatic imine (C=N–C) groups is 1. The second kappa shape index (κ2) is 11.5. The zero-order chi connectivity index (χ0) is 22.9. The standard InChI is InChI=1S/C26H32N4O3/c1-3-27-26(29-16-23-14-25(33-30-23)21-7-5-4-6-8-21)28-15-22-10-9-19(2)13-24(22)32-18-20-11-12-31-17-20/h4-10,13-14,20H,3,11-12,15-18H2,1-2H3,(H2,27,28,29). The largest absolute Gasteiger partial charge is 0.493 e. The zero-order valence-electron chi connectivity index (χ0n) is 19.3. The Hall–Kier alpha value is -3.32. The van der Waals surface area contributed by atoms with Gasteiger partial charge >= 0.3 is 0 Å². The van der Waals surface area contributed by atoms with Gasteiger partial charge < -0.3 is 24.6 Å². The van der Waals surface area contributed by atoms with Crippen LogP contribution in [-0.2, 0) is 17.8 Å². The van der Waals surface area contributed by atoms with Crippen molar-refractivity contribution in [2.24, 2.45) is 10.9 Å². The molecule has 2 aromatic carbocycles. The quantitative estimate of drug-likeness (QED) is 0.375. The van der Waals surface area contributed by atoms with E-state index in [9.17, 15) is 0 Å². The van der Waals surface area contributed by atoms with Crippen LogP contribution in [0.15, 0.2) is 64.1 Å². The number of hydrogen-bond acceptors (Lipinski definition) is 5. The summed E-state index contributed by atoms with van der Waals surface area (Å²) in [6, 6.07) is 18.2. The van der Waals surface area contributed by atoms with Crippen molar-refractivity contribution in [1.82, 2.24) is 15.8 Å². The molecular weight excluding hydrogens is 416 g/mol. The van der Waals surface area contributed by atoms with E-state index in [-0.39, 0.29) is 0 Å². The summed E-state index contributed by atoms with van der Waals surface area (Å²) >= 11 is 0. The molecule has 7 heteroatoms. The third-order valence-electron chi connectivity index (χ3n) is 5.53. The van der Waals surface area contributed by atoms with Crippen molar-refractivity contribution in [3.05, 3.63) is 71.4 Å². The summed E-state index contributed by atoms with van der Waals surface area (Å²) in [6.45, 7) is 8.20. The Bertz CT molecular complexity index is 1040. The van der Waals surface area contributed by atoms with Crippen molar-refractivity contribution >= 4 is 5.96 Å². The average Bonchev–Trinajstić information content (AvgIpc) is 3.53. The highest BCUT2D eigenvalue weighted by Gasteiger charge is 2.17. The van der Waals surface area contributed by atoms with Gasteiger partial charge in [-0.1, -0.05) is 47.6 Å². The summed E-state index contributed by atoms with van der Waals surface area (Å²) in [5.41, 5.74) is 4.06. The van der Waals surface area contributed by atoms with E-state index in [2.05, 4.69) is 40.9 Å². The zero-order valence-corrected chi connectivity index (χ0v) is 19.3. The Morgan fingerprint density at radius 3 is 2.82 bits per heavy atom. The molecule has 1 aliphatic heterocycles. The maximum Gasteiger partial charge on any atom is 0.191 e. The van der Waals surface area contributed by atoms with Gasteiger partial charge in [-0.15, -0.1) is 0 Å². The van der Waals surface area contributed by atoms with E-state index in [1.807, 2.05) is 43.3 Å². The summed E-state index contributed by atoms with van der Waals surface area (Å²) in [7, 11) is 0. The number of ether oxygens (including phenoxy) is 2. The molecule has 0 radical (unpaired) electrons. The molecule has 1 aromatic heterocycles. The number of hydrogen-bond donors (Lipinski definition) is 2. The highest BCUT2D eigenvalue weighted by Crippen LogP contribution is 2.24. The number of nitrogens with zero attached hydrogens (tertiary/aromatic N) is 2. The topological polar surface area (TPSA) is 80.9 Å². The van der Waals surface area contributed by atoms with E-state index in [4.69, 9.17) is 19.0 Å². The van der Waals surface area contributed by atoms with Crippen LogP contribution in [0.5, 0.6) is 5.75 Å². The molecule has 1 fully saturated rings. The molecule has 0 bridgehead atoms. The fourth-order valence-corrected chi connectivity index (χ4v) is 3.66. The first-order chi connectivity index (χ1) is 16.2. The first kappa shape index (κ1) is 22.9. The van der Waals surface area contributed by atoms with Gasteiger partial charge in [0, 0.05) is 36.3 Å². The van der Waals surface area contributed by atoms with Crippen molar-refractivity contribution in [3.63, 3.8) is 0 Å². The van der Waals surface area contributed by atoms with E-state index < -0.39 is 0 Å². The molecule has 0 saturated carbocycles. The summed E-state index contributed by atoms with van der Waals surface area (Å²) in [6.07, 6.45) is 1.06. The monoisotopic (exact) mass is 448 g/mol. The molecule has 0 spiro atoms. The molecule has 1 saturated heterocycles. The number of aryl methyl sites for hydroxylation is 1. The second-order valence-corrected chi connectivity index (χ2v) is 8.25. The second-order valence-electron chi connectivity index (χ2n) is 8.25. The molecule has 0 aliphatic carbocycles. The molecule has 1 aliphatic rings. The molecule has 7 nitrogen and oxygen atoms in total. The SMILES string of the molecule is CCNC(=NCc1ccc(C)cc1OCC1CCOC1)NCc1cc(-c2ccccc2)on1. The summed E-state index contributed by atoms with van der Waals surface area (Å²) in [5.74, 6) is 2.83. The minimum absolute atomic E-state index is 0.462. The highest BCUT2D eigenvalue weighted by molar-refractivity contribution is 5.79. The lowest BCUT2D eigenvalue weighted by Gasteiger charge is -2.15. The van der Waals surface area contributed by atoms with Gasteiger partial charge in [-0.3, -0.25) is 0 Å². The minimum atomic E-state index is 0.462. The van der Waals surface area contributed by atoms with Gasteiger partial charge in [0.15, 0.2) is 11.7 Å². The maximum atomic E-state index is 6.16. The van der Waals surface area contributed by atoms with Gasteiger partial charge in [-0.05, 0) is 31.9 Å². The minimum Gasteiger partial charge on any atom is -0.493 e. The molecule has 3 aromatic rings. The van der Waals surface area contributed by atoms with Crippen molar-refractivity contribution in [1.29, 1.82) is 0 Å². The van der Waals surface area contributed by atoms with Gasteiger partial charge in [-0.25, -0.2) is 4.99 Å². The predicted molar refractivity (Wildman–Crippen MR) is 129 cm³/mol. The first-order valence-corrected chi connectivity index (χ1v) is 11.5. The first-order valence-electron chi connectivity index (χ1n) is 11.5. The average molecular weight is 449 g/mol. The Labute approximate surface area is 195 Å². The van der Waals surface area contributed by atoms with Crippen LogP contribution in [0.4, 0.5) is 0 Å². The molecule has 1 atom stereocenters. The van der Waals surface area contributed by atoms with E-state index in [1.165, 1.54) is 5.56 Å². The predicted octanol–water partition coefficient (Wildman–Crippen LogP) is 4.32. The van der Waals surface area contributed by atoms with E-state index in [1.54, 1.807) is 0 Å². The smallest absolute Gasteiger partial charge is 0.191 e. The molecular formula is C26H32N4O3. The lowest BCUT2D eigenvalue weighted by molar-refractivity contribution is 0.166. The third kappa shape index (κ3) is 6.58. The van der Waals surface area contributed by atoms with Crippen molar-refractivity contribution < 1.29 is 14.0 Å². The van der Waals surface area contributed by atoms with Crippen molar-refractivity contribution in [3.8, 4) is 17.1 Å². The molecule has 0 amide bonds. The lowest BCUT2D eigenvalue weighted by atomic mass is 10.1. The van der Waals surface area contributed by atoms with Crippen molar-refractivity contribution in [2.75, 3.05) is 26.4 Å². The lowest BCUT2D eigenvalue weighted by Crippen LogP contribution is -2.36. The number of aromatic nitrogens is 1. The van der Waals surface area contributed by atoms with Crippen LogP contribution in [-0.4, -0.2) is 37.5 Å². The van der Waals surface area contributed by atoms with Crippen LogP contribution in [0, 0.1) is 12.8 Å². The van der Waals surface area contributed by atoms with Crippen molar-refractivity contribution in [2.45, 2.75) is 33.4 Å². The van der Waals surface area contributed by atoms with E-state index >= 15 is 0 Å². The Morgan fingerprint density at radius 2 is 2.03 bits per heavy atom. The maximum absolute atomic E-state index is 6.16. The third-order valence-corrected chi connectivity index (χ3v) is 5.53. The van der Waals surface area contributed by atoms with Gasteiger partial charge in [0.1, 0.15) is 11.4 Å². The highest BCUT2D eigenvalue weighted by atomic mass is 16.5. The van der Waals surface area contributed by atoms with Gasteiger partial charge in [0.2, 0.25) is 0 Å². The van der Waals surface area contributed by atoms with Crippen LogP contribution in [0.1, 0.15) is 30.2 Å². The fourth-order valence-electron chi connectivity index (χ4n) is 3.66. The molecule has 174 valence electrons.